The Labute approximate surface area is 182 Å². The fourth-order valence-corrected chi connectivity index (χ4v) is 4.46. The Morgan fingerprint density at radius 2 is 1.77 bits per heavy atom. The lowest BCUT2D eigenvalue weighted by Crippen LogP contribution is -2.51. The van der Waals surface area contributed by atoms with Gasteiger partial charge in [0.25, 0.3) is 11.8 Å². The molecule has 0 bridgehead atoms. The molecule has 2 aliphatic rings. The van der Waals surface area contributed by atoms with Gasteiger partial charge in [0.15, 0.2) is 5.76 Å². The monoisotopic (exact) mass is 441 g/mol. The molecule has 1 atom stereocenters. The first kappa shape index (κ1) is 19.7. The number of ether oxygens (including phenoxy) is 1. The number of aromatic nitrogens is 1. The second-order valence-electron chi connectivity index (χ2n) is 7.78. The van der Waals surface area contributed by atoms with Gasteiger partial charge < -0.3 is 23.5 Å². The van der Waals surface area contributed by atoms with Crippen LogP contribution in [0.25, 0.3) is 10.9 Å². The van der Waals surface area contributed by atoms with Crippen LogP contribution in [0, 0.1) is 0 Å². The van der Waals surface area contributed by atoms with Gasteiger partial charge in [-0.25, -0.2) is 0 Å². The summed E-state index contributed by atoms with van der Waals surface area (Å²) in [4.78, 5) is 42.1. The number of carbonyl (C=O) groups excluding carboxylic acids is 2. The lowest BCUT2D eigenvalue weighted by molar-refractivity contribution is 0.0517. The van der Waals surface area contributed by atoms with Crippen molar-refractivity contribution in [2.75, 3.05) is 26.2 Å². The number of pyridine rings is 1. The fraction of sp³-hybridized carbons (Fsp3) is 0.318. The van der Waals surface area contributed by atoms with Crippen LogP contribution in [0.1, 0.15) is 27.8 Å². The molecule has 0 spiro atoms. The highest BCUT2D eigenvalue weighted by atomic mass is 35.5. The average Bonchev–Trinajstić information content (AvgIpc) is 3.31. The zero-order valence-electron chi connectivity index (χ0n) is 16.8. The van der Waals surface area contributed by atoms with Gasteiger partial charge in [-0.15, -0.1) is 0 Å². The molecule has 4 heterocycles. The van der Waals surface area contributed by atoms with E-state index >= 15 is 0 Å². The first-order valence-electron chi connectivity index (χ1n) is 10.1. The van der Waals surface area contributed by atoms with E-state index in [0.717, 1.165) is 0 Å². The maximum atomic E-state index is 13.2. The molecule has 9 heteroatoms. The zero-order chi connectivity index (χ0) is 21.7. The van der Waals surface area contributed by atoms with E-state index in [1.54, 1.807) is 40.3 Å². The molecule has 2 aromatic heterocycles. The Balaban J connectivity index is 1.44. The predicted octanol–water partition coefficient (Wildman–Crippen LogP) is 2.63. The van der Waals surface area contributed by atoms with Crippen molar-refractivity contribution < 1.29 is 18.7 Å². The largest absolute Gasteiger partial charge is 0.487 e. The fourth-order valence-electron chi connectivity index (χ4n) is 4.22. The normalized spacial score (nSPS) is 18.2. The van der Waals surface area contributed by atoms with Crippen molar-refractivity contribution in [2.45, 2.75) is 19.6 Å². The van der Waals surface area contributed by atoms with Crippen LogP contribution >= 0.6 is 11.6 Å². The van der Waals surface area contributed by atoms with Crippen molar-refractivity contribution in [2.24, 2.45) is 0 Å². The topological polar surface area (TPSA) is 85.0 Å². The first-order valence-corrected chi connectivity index (χ1v) is 10.5. The van der Waals surface area contributed by atoms with Gasteiger partial charge in [0.2, 0.25) is 5.43 Å². The number of furan rings is 1. The third kappa shape index (κ3) is 3.27. The second-order valence-corrected chi connectivity index (χ2v) is 8.19. The summed E-state index contributed by atoms with van der Waals surface area (Å²) < 4.78 is 12.9. The molecule has 0 radical (unpaired) electrons. The highest BCUT2D eigenvalue weighted by Gasteiger charge is 2.30. The summed E-state index contributed by atoms with van der Waals surface area (Å²) >= 11 is 6.34. The Kier molecular flexibility index (Phi) is 4.74. The molecule has 160 valence electrons. The molecule has 1 saturated heterocycles. The number of hydrogen-bond donors (Lipinski definition) is 0. The molecule has 5 rings (SSSR count). The summed E-state index contributed by atoms with van der Waals surface area (Å²) in [5.74, 6) is 0.287. The molecular formula is C22H20ClN3O5. The Bertz CT molecular complexity index is 1240. The van der Waals surface area contributed by atoms with Gasteiger partial charge >= 0.3 is 0 Å². The molecule has 2 amide bonds. The van der Waals surface area contributed by atoms with Crippen LogP contribution in [0.5, 0.6) is 5.75 Å². The quantitative estimate of drug-likeness (QED) is 0.610. The van der Waals surface area contributed by atoms with E-state index in [1.807, 2.05) is 11.5 Å². The first-order chi connectivity index (χ1) is 14.9. The molecule has 0 saturated carbocycles. The molecule has 0 aliphatic carbocycles. The third-order valence-electron chi connectivity index (χ3n) is 5.73. The summed E-state index contributed by atoms with van der Waals surface area (Å²) in [7, 11) is 0. The molecule has 31 heavy (non-hydrogen) atoms. The van der Waals surface area contributed by atoms with Gasteiger partial charge in [0.1, 0.15) is 17.4 Å². The van der Waals surface area contributed by atoms with Crippen molar-refractivity contribution in [3.8, 4) is 5.75 Å². The third-order valence-corrected chi connectivity index (χ3v) is 6.05. The van der Waals surface area contributed by atoms with E-state index < -0.39 is 5.43 Å². The summed E-state index contributed by atoms with van der Waals surface area (Å²) in [5, 5.41) is 0.586. The van der Waals surface area contributed by atoms with E-state index in [1.165, 1.54) is 6.26 Å². The number of rotatable bonds is 2. The Morgan fingerprint density at radius 1 is 1.06 bits per heavy atom. The van der Waals surface area contributed by atoms with Crippen LogP contribution in [-0.4, -0.2) is 58.5 Å². The number of nitrogens with zero attached hydrogens (tertiary/aromatic N) is 3. The molecule has 0 unspecified atom stereocenters. The van der Waals surface area contributed by atoms with Gasteiger partial charge in [-0.2, -0.15) is 0 Å². The SMILES string of the molecule is C[C@@H]1Cn2cc(C(=O)N3CCN(C(=O)c4ccco4)CC3)c(=O)c3c(Cl)ccc(c32)O1. The van der Waals surface area contributed by atoms with Gasteiger partial charge in [-0.05, 0) is 31.2 Å². The Morgan fingerprint density at radius 3 is 2.45 bits per heavy atom. The van der Waals surface area contributed by atoms with Crippen molar-refractivity contribution >= 4 is 34.3 Å². The van der Waals surface area contributed by atoms with Crippen molar-refractivity contribution in [3.63, 3.8) is 0 Å². The maximum absolute atomic E-state index is 13.2. The molecule has 1 fully saturated rings. The number of hydrogen-bond acceptors (Lipinski definition) is 5. The number of amides is 2. The van der Waals surface area contributed by atoms with Gasteiger partial charge in [-0.3, -0.25) is 14.4 Å². The van der Waals surface area contributed by atoms with Crippen molar-refractivity contribution in [3.05, 3.63) is 63.3 Å². The minimum Gasteiger partial charge on any atom is -0.487 e. The lowest BCUT2D eigenvalue weighted by Gasteiger charge is -2.34. The summed E-state index contributed by atoms with van der Waals surface area (Å²) in [6, 6.07) is 6.64. The molecule has 8 nitrogen and oxygen atoms in total. The van der Waals surface area contributed by atoms with E-state index in [2.05, 4.69) is 0 Å². The number of carbonyl (C=O) groups is 2. The lowest BCUT2D eigenvalue weighted by atomic mass is 10.1. The van der Waals surface area contributed by atoms with Crippen LogP contribution in [0.2, 0.25) is 5.02 Å². The van der Waals surface area contributed by atoms with Crippen LogP contribution in [0.3, 0.4) is 0 Å². The smallest absolute Gasteiger partial charge is 0.289 e. The summed E-state index contributed by atoms with van der Waals surface area (Å²) in [5.41, 5.74) is 0.280. The molecular weight excluding hydrogens is 422 g/mol. The number of piperazine rings is 1. The summed E-state index contributed by atoms with van der Waals surface area (Å²) in [6.45, 7) is 3.83. The van der Waals surface area contributed by atoms with Crippen LogP contribution in [0.4, 0.5) is 0 Å². The van der Waals surface area contributed by atoms with Gasteiger partial charge in [-0.1, -0.05) is 11.6 Å². The molecule has 0 N–H and O–H groups in total. The minimum atomic E-state index is -0.407. The predicted molar refractivity (Wildman–Crippen MR) is 114 cm³/mol. The maximum Gasteiger partial charge on any atom is 0.289 e. The average molecular weight is 442 g/mol. The van der Waals surface area contributed by atoms with E-state index in [4.69, 9.17) is 20.8 Å². The molecule has 2 aliphatic heterocycles. The highest BCUT2D eigenvalue weighted by Crippen LogP contribution is 2.33. The van der Waals surface area contributed by atoms with Crippen molar-refractivity contribution in [1.29, 1.82) is 0 Å². The molecule has 3 aromatic rings. The highest BCUT2D eigenvalue weighted by molar-refractivity contribution is 6.35. The van der Waals surface area contributed by atoms with Crippen molar-refractivity contribution in [1.82, 2.24) is 14.4 Å². The number of halogens is 1. The second kappa shape index (κ2) is 7.46. The summed E-state index contributed by atoms with van der Waals surface area (Å²) in [6.07, 6.45) is 2.96. The van der Waals surface area contributed by atoms with Crippen LogP contribution in [-0.2, 0) is 6.54 Å². The standard InChI is InChI=1S/C22H20ClN3O5/c1-13-11-26-12-14(20(27)18-15(23)4-5-16(31-13)19(18)26)21(28)24-6-8-25(9-7-24)22(29)17-3-2-10-30-17/h2-5,10,12-13H,6-9,11H2,1H3/t13-/m1/s1. The zero-order valence-corrected chi connectivity index (χ0v) is 17.6. The van der Waals surface area contributed by atoms with Gasteiger partial charge in [0.05, 0.1) is 28.7 Å². The van der Waals surface area contributed by atoms with Crippen LogP contribution < -0.4 is 10.2 Å². The van der Waals surface area contributed by atoms with E-state index in [0.29, 0.717) is 54.4 Å². The van der Waals surface area contributed by atoms with Crippen LogP contribution in [0.15, 0.2) is 45.9 Å². The molecule has 1 aromatic carbocycles. The minimum absolute atomic E-state index is 0.0754. The Hall–Kier alpha value is -3.26. The van der Waals surface area contributed by atoms with E-state index in [9.17, 15) is 14.4 Å². The number of benzene rings is 1. The van der Waals surface area contributed by atoms with E-state index in [-0.39, 0.29) is 29.2 Å². The van der Waals surface area contributed by atoms with Gasteiger partial charge in [0, 0.05) is 32.4 Å².